The van der Waals surface area contributed by atoms with Crippen molar-refractivity contribution in [1.82, 2.24) is 15.5 Å². The molecule has 134 valence electrons. The average molecular weight is 353 g/mol. The number of carbonyl (C=O) groups is 1. The van der Waals surface area contributed by atoms with E-state index in [-0.39, 0.29) is 19.1 Å². The summed E-state index contributed by atoms with van der Waals surface area (Å²) in [6.07, 6.45) is 0. The van der Waals surface area contributed by atoms with Gasteiger partial charge in [0.2, 0.25) is 11.7 Å². The third-order valence-corrected chi connectivity index (χ3v) is 3.72. The van der Waals surface area contributed by atoms with Crippen LogP contribution in [0.1, 0.15) is 11.5 Å². The van der Waals surface area contributed by atoms with Crippen molar-refractivity contribution in [2.75, 3.05) is 13.7 Å². The molecule has 1 heterocycles. The molecule has 0 fully saturated rings. The predicted octanol–water partition coefficient (Wildman–Crippen LogP) is 2.75. The number of benzene rings is 2. The smallest absolute Gasteiger partial charge is 0.258 e. The standard InChI is InChI=1S/C19H19N3O4/c1-13-7-3-4-8-14(13)19-21-18(26-22-19)11-20-17(23)12-25-16-10-6-5-9-15(16)24-2/h3-10H,11-12H2,1-2H3,(H,20,23). The number of hydrogen-bond donors (Lipinski definition) is 1. The molecule has 0 saturated heterocycles. The summed E-state index contributed by atoms with van der Waals surface area (Å²) >= 11 is 0. The van der Waals surface area contributed by atoms with Crippen LogP contribution in [0.2, 0.25) is 0 Å². The lowest BCUT2D eigenvalue weighted by Crippen LogP contribution is -2.28. The quantitative estimate of drug-likeness (QED) is 0.703. The van der Waals surface area contributed by atoms with Crippen LogP contribution in [0.5, 0.6) is 11.5 Å². The van der Waals surface area contributed by atoms with Crippen LogP contribution in [0.15, 0.2) is 53.1 Å². The Kier molecular flexibility index (Phi) is 5.48. The fraction of sp³-hybridized carbons (Fsp3) is 0.211. The highest BCUT2D eigenvalue weighted by atomic mass is 16.5. The van der Waals surface area contributed by atoms with E-state index in [1.807, 2.05) is 37.3 Å². The Labute approximate surface area is 150 Å². The first-order chi connectivity index (χ1) is 12.7. The zero-order valence-electron chi connectivity index (χ0n) is 14.6. The largest absolute Gasteiger partial charge is 0.493 e. The molecule has 7 nitrogen and oxygen atoms in total. The van der Waals surface area contributed by atoms with Gasteiger partial charge in [0.15, 0.2) is 18.1 Å². The fourth-order valence-electron chi connectivity index (χ4n) is 2.37. The SMILES string of the molecule is COc1ccccc1OCC(=O)NCc1nc(-c2ccccc2C)no1. The first kappa shape index (κ1) is 17.5. The molecule has 1 aromatic heterocycles. The van der Waals surface area contributed by atoms with Crippen LogP contribution in [0.3, 0.4) is 0 Å². The number of aromatic nitrogens is 2. The van der Waals surface area contributed by atoms with Crippen molar-refractivity contribution in [3.8, 4) is 22.9 Å². The molecule has 0 unspecified atom stereocenters. The number of carbonyl (C=O) groups excluding carboxylic acids is 1. The van der Waals surface area contributed by atoms with E-state index in [2.05, 4.69) is 15.5 Å². The summed E-state index contributed by atoms with van der Waals surface area (Å²) in [5.74, 6) is 1.60. The Balaban J connectivity index is 1.53. The molecular weight excluding hydrogens is 334 g/mol. The molecule has 0 aliphatic rings. The van der Waals surface area contributed by atoms with Gasteiger partial charge in [0.25, 0.3) is 5.91 Å². The van der Waals surface area contributed by atoms with E-state index in [0.29, 0.717) is 23.2 Å². The summed E-state index contributed by atoms with van der Waals surface area (Å²) in [7, 11) is 1.55. The van der Waals surface area contributed by atoms with Crippen LogP contribution in [0.4, 0.5) is 0 Å². The second-order valence-corrected chi connectivity index (χ2v) is 5.54. The van der Waals surface area contributed by atoms with Crippen molar-refractivity contribution >= 4 is 5.91 Å². The van der Waals surface area contributed by atoms with E-state index < -0.39 is 0 Å². The zero-order valence-corrected chi connectivity index (χ0v) is 14.6. The number of aryl methyl sites for hydroxylation is 1. The molecule has 0 aliphatic heterocycles. The molecule has 2 aromatic carbocycles. The highest BCUT2D eigenvalue weighted by Gasteiger charge is 2.12. The van der Waals surface area contributed by atoms with Gasteiger partial charge in [0, 0.05) is 5.56 Å². The number of ether oxygens (including phenoxy) is 2. The number of nitrogens with one attached hydrogen (secondary N) is 1. The van der Waals surface area contributed by atoms with E-state index in [9.17, 15) is 4.79 Å². The molecule has 3 aromatic rings. The summed E-state index contributed by atoms with van der Waals surface area (Å²) in [5.41, 5.74) is 1.95. The third kappa shape index (κ3) is 4.18. The van der Waals surface area contributed by atoms with Gasteiger partial charge in [-0.05, 0) is 24.6 Å². The Hall–Kier alpha value is -3.35. The van der Waals surface area contributed by atoms with Crippen LogP contribution in [-0.4, -0.2) is 29.8 Å². The predicted molar refractivity (Wildman–Crippen MR) is 94.8 cm³/mol. The van der Waals surface area contributed by atoms with Gasteiger partial charge in [0.05, 0.1) is 13.7 Å². The highest BCUT2D eigenvalue weighted by Crippen LogP contribution is 2.25. The zero-order chi connectivity index (χ0) is 18.4. The fourth-order valence-corrected chi connectivity index (χ4v) is 2.37. The van der Waals surface area contributed by atoms with Gasteiger partial charge in [-0.1, -0.05) is 41.6 Å². The second-order valence-electron chi connectivity index (χ2n) is 5.54. The monoisotopic (exact) mass is 353 g/mol. The van der Waals surface area contributed by atoms with E-state index in [1.54, 1.807) is 25.3 Å². The van der Waals surface area contributed by atoms with Gasteiger partial charge < -0.3 is 19.3 Å². The topological polar surface area (TPSA) is 86.5 Å². The Morgan fingerprint density at radius 2 is 1.85 bits per heavy atom. The number of para-hydroxylation sites is 2. The first-order valence-electron chi connectivity index (χ1n) is 8.08. The van der Waals surface area contributed by atoms with Crippen molar-refractivity contribution < 1.29 is 18.8 Å². The maximum absolute atomic E-state index is 12.0. The van der Waals surface area contributed by atoms with Gasteiger partial charge in [-0.15, -0.1) is 0 Å². The van der Waals surface area contributed by atoms with Crippen LogP contribution in [0.25, 0.3) is 11.4 Å². The summed E-state index contributed by atoms with van der Waals surface area (Å²) in [6, 6.07) is 14.9. The molecule has 0 atom stereocenters. The maximum Gasteiger partial charge on any atom is 0.258 e. The Morgan fingerprint density at radius 3 is 2.62 bits per heavy atom. The van der Waals surface area contributed by atoms with Crippen molar-refractivity contribution in [1.29, 1.82) is 0 Å². The summed E-state index contributed by atoms with van der Waals surface area (Å²) < 4.78 is 15.8. The van der Waals surface area contributed by atoms with Crippen LogP contribution < -0.4 is 14.8 Å². The lowest BCUT2D eigenvalue weighted by atomic mass is 10.1. The number of amides is 1. The number of hydrogen-bond acceptors (Lipinski definition) is 6. The second kappa shape index (κ2) is 8.15. The highest BCUT2D eigenvalue weighted by molar-refractivity contribution is 5.77. The molecule has 7 heteroatoms. The average Bonchev–Trinajstić information content (AvgIpc) is 3.14. The van der Waals surface area contributed by atoms with Crippen molar-refractivity contribution in [2.45, 2.75) is 13.5 Å². The number of rotatable bonds is 7. The lowest BCUT2D eigenvalue weighted by molar-refractivity contribution is -0.123. The van der Waals surface area contributed by atoms with Crippen molar-refractivity contribution in [3.05, 3.63) is 60.0 Å². The molecule has 1 N–H and O–H groups in total. The third-order valence-electron chi connectivity index (χ3n) is 3.72. The van der Waals surface area contributed by atoms with Gasteiger partial charge in [0.1, 0.15) is 0 Å². The summed E-state index contributed by atoms with van der Waals surface area (Å²) in [5, 5.41) is 6.64. The van der Waals surface area contributed by atoms with Crippen molar-refractivity contribution in [2.24, 2.45) is 0 Å². The molecule has 0 saturated carbocycles. The van der Waals surface area contributed by atoms with Gasteiger partial charge in [-0.3, -0.25) is 4.79 Å². The Bertz CT molecular complexity index is 892. The number of methoxy groups -OCH3 is 1. The van der Waals surface area contributed by atoms with Crippen LogP contribution >= 0.6 is 0 Å². The molecule has 3 rings (SSSR count). The molecule has 1 amide bonds. The minimum atomic E-state index is -0.299. The molecule has 0 spiro atoms. The van der Waals surface area contributed by atoms with E-state index in [4.69, 9.17) is 14.0 Å². The first-order valence-corrected chi connectivity index (χ1v) is 8.08. The van der Waals surface area contributed by atoms with Crippen LogP contribution in [-0.2, 0) is 11.3 Å². The molecule has 0 bridgehead atoms. The van der Waals surface area contributed by atoms with Crippen LogP contribution in [0, 0.1) is 6.92 Å². The normalized spacial score (nSPS) is 10.4. The van der Waals surface area contributed by atoms with Crippen molar-refractivity contribution in [3.63, 3.8) is 0 Å². The van der Waals surface area contributed by atoms with Gasteiger partial charge in [-0.2, -0.15) is 4.98 Å². The lowest BCUT2D eigenvalue weighted by Gasteiger charge is -2.09. The van der Waals surface area contributed by atoms with Gasteiger partial charge >= 0.3 is 0 Å². The van der Waals surface area contributed by atoms with E-state index >= 15 is 0 Å². The molecule has 0 radical (unpaired) electrons. The summed E-state index contributed by atoms with van der Waals surface area (Å²) in [6.45, 7) is 1.97. The van der Waals surface area contributed by atoms with E-state index in [0.717, 1.165) is 11.1 Å². The maximum atomic E-state index is 12.0. The van der Waals surface area contributed by atoms with E-state index in [1.165, 1.54) is 0 Å². The minimum Gasteiger partial charge on any atom is -0.493 e. The molecule has 26 heavy (non-hydrogen) atoms. The van der Waals surface area contributed by atoms with Gasteiger partial charge in [-0.25, -0.2) is 0 Å². The minimum absolute atomic E-state index is 0.132. The number of nitrogens with zero attached hydrogens (tertiary/aromatic N) is 2. The summed E-state index contributed by atoms with van der Waals surface area (Å²) in [4.78, 5) is 16.3. The molecule has 0 aliphatic carbocycles. The molecular formula is C19H19N3O4. The Morgan fingerprint density at radius 1 is 1.12 bits per heavy atom.